The van der Waals surface area contributed by atoms with Crippen LogP contribution >= 0.6 is 0 Å². The van der Waals surface area contributed by atoms with E-state index in [1.165, 1.54) is 19.3 Å². The van der Waals surface area contributed by atoms with Crippen LogP contribution in [0.4, 0.5) is 0 Å². The second-order valence-electron chi connectivity index (χ2n) is 5.73. The zero-order valence-electron chi connectivity index (χ0n) is 11.8. The van der Waals surface area contributed by atoms with Gasteiger partial charge in [0.15, 0.2) is 0 Å². The van der Waals surface area contributed by atoms with Gasteiger partial charge in [-0.25, -0.2) is 0 Å². The molecule has 2 rings (SSSR count). The largest absolute Gasteiger partial charge is 0.508 e. The molecule has 0 heterocycles. The number of phenolic OH excluding ortho intramolecular Hbond substituents is 1. The third kappa shape index (κ3) is 3.49. The smallest absolute Gasteiger partial charge is 0.251 e. The van der Waals surface area contributed by atoms with E-state index in [2.05, 4.69) is 12.2 Å². The zero-order chi connectivity index (χ0) is 13.8. The molecule has 0 radical (unpaired) electrons. The second-order valence-corrected chi connectivity index (χ2v) is 5.73. The fourth-order valence-corrected chi connectivity index (χ4v) is 2.76. The molecule has 0 bridgehead atoms. The van der Waals surface area contributed by atoms with Crippen LogP contribution in [-0.2, 0) is 0 Å². The van der Waals surface area contributed by atoms with Gasteiger partial charge in [-0.15, -0.1) is 0 Å². The van der Waals surface area contributed by atoms with Gasteiger partial charge in [-0.05, 0) is 44.2 Å². The number of amides is 1. The zero-order valence-corrected chi connectivity index (χ0v) is 11.8. The number of carbonyl (C=O) groups is 1. The molecule has 3 nitrogen and oxygen atoms in total. The highest BCUT2D eigenvalue weighted by atomic mass is 16.3. The number of rotatable bonds is 2. The number of nitrogens with one attached hydrogen (secondary N) is 1. The van der Waals surface area contributed by atoms with Crippen molar-refractivity contribution < 1.29 is 9.90 Å². The highest BCUT2D eigenvalue weighted by molar-refractivity contribution is 5.96. The molecule has 1 saturated carbocycles. The van der Waals surface area contributed by atoms with Gasteiger partial charge in [0.1, 0.15) is 5.75 Å². The van der Waals surface area contributed by atoms with Gasteiger partial charge in [0.25, 0.3) is 5.91 Å². The van der Waals surface area contributed by atoms with Crippen molar-refractivity contribution in [1.82, 2.24) is 5.32 Å². The third-order valence-electron chi connectivity index (χ3n) is 4.14. The maximum atomic E-state index is 12.3. The van der Waals surface area contributed by atoms with Crippen LogP contribution in [0.25, 0.3) is 0 Å². The van der Waals surface area contributed by atoms with Crippen LogP contribution in [0.2, 0.25) is 0 Å². The van der Waals surface area contributed by atoms with E-state index in [0.29, 0.717) is 11.1 Å². The van der Waals surface area contributed by atoms with E-state index in [1.807, 2.05) is 0 Å². The summed E-state index contributed by atoms with van der Waals surface area (Å²) in [4.78, 5) is 12.3. The fourth-order valence-electron chi connectivity index (χ4n) is 2.76. The molecule has 2 N–H and O–H groups in total. The molecule has 0 aromatic heterocycles. The Morgan fingerprint density at radius 1 is 1.26 bits per heavy atom. The molecule has 1 fully saturated rings. The van der Waals surface area contributed by atoms with Crippen molar-refractivity contribution in [3.8, 4) is 5.75 Å². The Morgan fingerprint density at radius 3 is 2.84 bits per heavy atom. The lowest BCUT2D eigenvalue weighted by Gasteiger charge is -2.17. The van der Waals surface area contributed by atoms with Crippen molar-refractivity contribution >= 4 is 5.91 Å². The lowest BCUT2D eigenvalue weighted by atomic mass is 10.0. The molecule has 19 heavy (non-hydrogen) atoms. The standard InChI is InChI=1S/C16H23NO2/c1-11-5-3-6-13(10-9-11)17-16(19)14-7-4-8-15(18)12(14)2/h4,7-8,11,13,18H,3,5-6,9-10H2,1-2H3,(H,17,19). The molecular weight excluding hydrogens is 238 g/mol. The van der Waals surface area contributed by atoms with Gasteiger partial charge in [-0.3, -0.25) is 4.79 Å². The summed E-state index contributed by atoms with van der Waals surface area (Å²) < 4.78 is 0. The summed E-state index contributed by atoms with van der Waals surface area (Å²) in [6, 6.07) is 5.37. The van der Waals surface area contributed by atoms with E-state index in [0.717, 1.165) is 18.8 Å². The molecule has 2 atom stereocenters. The number of carbonyl (C=O) groups excluding carboxylic acids is 1. The summed E-state index contributed by atoms with van der Waals surface area (Å²) in [5.74, 6) is 0.888. The Hall–Kier alpha value is -1.51. The average Bonchev–Trinajstić information content (AvgIpc) is 2.58. The maximum absolute atomic E-state index is 12.3. The molecule has 1 aliphatic rings. The molecular formula is C16H23NO2. The molecule has 0 saturated heterocycles. The molecule has 104 valence electrons. The number of benzene rings is 1. The van der Waals surface area contributed by atoms with Crippen LogP contribution in [0.5, 0.6) is 5.75 Å². The molecule has 2 unspecified atom stereocenters. The maximum Gasteiger partial charge on any atom is 0.251 e. The van der Waals surface area contributed by atoms with Gasteiger partial charge in [0, 0.05) is 17.2 Å². The molecule has 1 aromatic rings. The van der Waals surface area contributed by atoms with Crippen LogP contribution in [0.1, 0.15) is 54.9 Å². The van der Waals surface area contributed by atoms with E-state index < -0.39 is 0 Å². The average molecular weight is 261 g/mol. The Bertz CT molecular complexity index is 456. The van der Waals surface area contributed by atoms with E-state index >= 15 is 0 Å². The molecule has 0 spiro atoms. The molecule has 1 aliphatic carbocycles. The van der Waals surface area contributed by atoms with Crippen LogP contribution in [0, 0.1) is 12.8 Å². The Labute approximate surface area is 115 Å². The first-order valence-corrected chi connectivity index (χ1v) is 7.17. The van der Waals surface area contributed by atoms with Crippen molar-refractivity contribution in [3.63, 3.8) is 0 Å². The molecule has 1 amide bonds. The van der Waals surface area contributed by atoms with Crippen molar-refractivity contribution in [2.75, 3.05) is 0 Å². The first-order chi connectivity index (χ1) is 9.08. The number of phenols is 1. The summed E-state index contributed by atoms with van der Waals surface area (Å²) in [6.45, 7) is 4.06. The molecule has 1 aromatic carbocycles. The predicted octanol–water partition coefficient (Wildman–Crippen LogP) is 3.40. The quantitative estimate of drug-likeness (QED) is 0.802. The Kier molecular flexibility index (Phi) is 4.46. The van der Waals surface area contributed by atoms with Crippen molar-refractivity contribution in [1.29, 1.82) is 0 Å². The SMILES string of the molecule is Cc1c(O)cccc1C(=O)NC1CCCC(C)CC1. The van der Waals surface area contributed by atoms with Crippen molar-refractivity contribution in [2.45, 2.75) is 52.0 Å². The molecule has 0 aliphatic heterocycles. The number of hydrogen-bond donors (Lipinski definition) is 2. The van der Waals surface area contributed by atoms with Crippen molar-refractivity contribution in [2.24, 2.45) is 5.92 Å². The monoisotopic (exact) mass is 261 g/mol. The van der Waals surface area contributed by atoms with E-state index in [1.54, 1.807) is 25.1 Å². The summed E-state index contributed by atoms with van der Waals surface area (Å²) in [7, 11) is 0. The minimum absolute atomic E-state index is 0.0621. The molecule has 3 heteroatoms. The van der Waals surface area contributed by atoms with Crippen LogP contribution in [-0.4, -0.2) is 17.1 Å². The number of aromatic hydroxyl groups is 1. The van der Waals surface area contributed by atoms with Crippen LogP contribution in [0.3, 0.4) is 0 Å². The fraction of sp³-hybridized carbons (Fsp3) is 0.562. The van der Waals surface area contributed by atoms with E-state index in [9.17, 15) is 9.90 Å². The highest BCUT2D eigenvalue weighted by Gasteiger charge is 2.19. The highest BCUT2D eigenvalue weighted by Crippen LogP contribution is 2.24. The normalized spacial score (nSPS) is 23.7. The second kappa shape index (κ2) is 6.09. The van der Waals surface area contributed by atoms with Gasteiger partial charge in [0.2, 0.25) is 0 Å². The lowest BCUT2D eigenvalue weighted by Crippen LogP contribution is -2.34. The lowest BCUT2D eigenvalue weighted by molar-refractivity contribution is 0.0932. The minimum Gasteiger partial charge on any atom is -0.508 e. The minimum atomic E-state index is -0.0621. The van der Waals surface area contributed by atoms with Crippen molar-refractivity contribution in [3.05, 3.63) is 29.3 Å². The Balaban J connectivity index is 2.02. The number of hydrogen-bond acceptors (Lipinski definition) is 2. The third-order valence-corrected chi connectivity index (χ3v) is 4.14. The first kappa shape index (κ1) is 13.9. The van der Waals surface area contributed by atoms with Gasteiger partial charge in [-0.2, -0.15) is 0 Å². The van der Waals surface area contributed by atoms with E-state index in [4.69, 9.17) is 0 Å². The van der Waals surface area contributed by atoms with Gasteiger partial charge >= 0.3 is 0 Å². The Morgan fingerprint density at radius 2 is 2.05 bits per heavy atom. The topological polar surface area (TPSA) is 49.3 Å². The van der Waals surface area contributed by atoms with Crippen LogP contribution < -0.4 is 5.32 Å². The predicted molar refractivity (Wildman–Crippen MR) is 76.3 cm³/mol. The van der Waals surface area contributed by atoms with Gasteiger partial charge < -0.3 is 10.4 Å². The summed E-state index contributed by atoms with van der Waals surface area (Å²) in [6.07, 6.45) is 5.76. The summed E-state index contributed by atoms with van der Waals surface area (Å²) in [5, 5.41) is 12.8. The van der Waals surface area contributed by atoms with Crippen LogP contribution in [0.15, 0.2) is 18.2 Å². The van der Waals surface area contributed by atoms with Gasteiger partial charge in [0.05, 0.1) is 0 Å². The van der Waals surface area contributed by atoms with Gasteiger partial charge in [-0.1, -0.05) is 25.8 Å². The van der Waals surface area contributed by atoms with E-state index in [-0.39, 0.29) is 17.7 Å². The first-order valence-electron chi connectivity index (χ1n) is 7.17. The summed E-state index contributed by atoms with van der Waals surface area (Å²) >= 11 is 0. The summed E-state index contributed by atoms with van der Waals surface area (Å²) in [5.41, 5.74) is 1.24.